The summed E-state index contributed by atoms with van der Waals surface area (Å²) in [6, 6.07) is 0.0984. The molecule has 16 heavy (non-hydrogen) atoms. The third kappa shape index (κ3) is 1.88. The molecule has 2 fully saturated rings. The molecule has 1 aliphatic heterocycles. The monoisotopic (exact) mass is 241 g/mol. The van der Waals surface area contributed by atoms with Crippen molar-refractivity contribution in [3.8, 4) is 0 Å². The summed E-state index contributed by atoms with van der Waals surface area (Å²) in [5.74, 6) is 0.290. The van der Waals surface area contributed by atoms with E-state index in [4.69, 9.17) is 18.0 Å². The molecule has 0 aromatic carbocycles. The number of hydrogen-bond acceptors (Lipinski definition) is 2. The van der Waals surface area contributed by atoms with Crippen molar-refractivity contribution < 1.29 is 4.79 Å². The van der Waals surface area contributed by atoms with Gasteiger partial charge in [0.05, 0.1) is 5.41 Å². The van der Waals surface area contributed by atoms with Crippen LogP contribution in [0, 0.1) is 11.3 Å². The molecule has 0 radical (unpaired) electrons. The second-order valence-electron chi connectivity index (χ2n) is 5.10. The molecule has 1 saturated carbocycles. The Balaban J connectivity index is 2.27. The van der Waals surface area contributed by atoms with Gasteiger partial charge in [0.2, 0.25) is 5.91 Å². The molecule has 4 N–H and O–H groups in total. The number of amides is 1. The van der Waals surface area contributed by atoms with E-state index in [1.54, 1.807) is 0 Å². The van der Waals surface area contributed by atoms with Gasteiger partial charge in [-0.15, -0.1) is 0 Å². The van der Waals surface area contributed by atoms with E-state index in [0.717, 1.165) is 32.2 Å². The number of nitrogens with two attached hydrogens (primary N) is 1. The van der Waals surface area contributed by atoms with Crippen LogP contribution in [0.4, 0.5) is 0 Å². The summed E-state index contributed by atoms with van der Waals surface area (Å²) in [4.78, 5) is 11.7. The van der Waals surface area contributed by atoms with Gasteiger partial charge in [0.1, 0.15) is 0 Å². The lowest BCUT2D eigenvalue weighted by atomic mass is 9.65. The van der Waals surface area contributed by atoms with Gasteiger partial charge in [-0.2, -0.15) is 0 Å². The van der Waals surface area contributed by atoms with Crippen molar-refractivity contribution in [1.29, 1.82) is 0 Å². The van der Waals surface area contributed by atoms with E-state index in [-0.39, 0.29) is 11.9 Å². The lowest BCUT2D eigenvalue weighted by Crippen LogP contribution is -2.57. The lowest BCUT2D eigenvalue weighted by molar-refractivity contribution is -0.131. The van der Waals surface area contributed by atoms with E-state index >= 15 is 0 Å². The first-order valence-corrected chi connectivity index (χ1v) is 6.29. The lowest BCUT2D eigenvalue weighted by Gasteiger charge is -2.43. The molecule has 0 aromatic heterocycles. The highest BCUT2D eigenvalue weighted by molar-refractivity contribution is 7.80. The zero-order valence-electron chi connectivity index (χ0n) is 9.58. The van der Waals surface area contributed by atoms with Gasteiger partial charge < -0.3 is 16.4 Å². The van der Waals surface area contributed by atoms with E-state index in [1.165, 1.54) is 0 Å². The Bertz CT molecular complexity index is 320. The van der Waals surface area contributed by atoms with Crippen LogP contribution in [0.1, 0.15) is 32.6 Å². The summed E-state index contributed by atoms with van der Waals surface area (Å²) in [6.45, 7) is 2.86. The van der Waals surface area contributed by atoms with Crippen molar-refractivity contribution >= 4 is 23.2 Å². The molecule has 4 nitrogen and oxygen atoms in total. The van der Waals surface area contributed by atoms with Crippen LogP contribution >= 0.6 is 12.2 Å². The minimum Gasteiger partial charge on any atom is -0.369 e. The first-order chi connectivity index (χ1) is 7.54. The fourth-order valence-electron chi connectivity index (χ4n) is 3.00. The van der Waals surface area contributed by atoms with Gasteiger partial charge in [0, 0.05) is 12.6 Å². The van der Waals surface area contributed by atoms with Gasteiger partial charge in [-0.05, 0) is 44.3 Å². The van der Waals surface area contributed by atoms with Gasteiger partial charge in [0.25, 0.3) is 0 Å². The molecule has 3 atom stereocenters. The molecular weight excluding hydrogens is 222 g/mol. The topological polar surface area (TPSA) is 67.2 Å². The molecule has 1 heterocycles. The molecule has 1 aliphatic carbocycles. The number of rotatable bonds is 1. The Morgan fingerprint density at radius 1 is 1.56 bits per heavy atom. The number of primary amides is 1. The Labute approximate surface area is 101 Å². The van der Waals surface area contributed by atoms with Crippen LogP contribution in [0.15, 0.2) is 0 Å². The molecule has 1 saturated heterocycles. The van der Waals surface area contributed by atoms with Crippen molar-refractivity contribution in [1.82, 2.24) is 10.6 Å². The van der Waals surface area contributed by atoms with Crippen molar-refractivity contribution in [2.75, 3.05) is 6.54 Å². The van der Waals surface area contributed by atoms with Crippen molar-refractivity contribution in [3.63, 3.8) is 0 Å². The molecule has 2 aliphatic rings. The maximum atomic E-state index is 11.7. The number of thiocarbonyl (C=S) groups is 1. The summed E-state index contributed by atoms with van der Waals surface area (Å²) in [7, 11) is 0. The average molecular weight is 241 g/mol. The maximum Gasteiger partial charge on any atom is 0.225 e. The van der Waals surface area contributed by atoms with Crippen molar-refractivity contribution in [2.24, 2.45) is 17.1 Å². The first-order valence-electron chi connectivity index (χ1n) is 5.88. The smallest absolute Gasteiger partial charge is 0.225 e. The second-order valence-corrected chi connectivity index (χ2v) is 5.51. The van der Waals surface area contributed by atoms with E-state index < -0.39 is 5.41 Å². The summed E-state index contributed by atoms with van der Waals surface area (Å²) in [6.07, 6.45) is 4.15. The Morgan fingerprint density at radius 3 is 3.00 bits per heavy atom. The van der Waals surface area contributed by atoms with E-state index in [2.05, 4.69) is 10.6 Å². The summed E-state index contributed by atoms with van der Waals surface area (Å²) in [5.41, 5.74) is 5.10. The summed E-state index contributed by atoms with van der Waals surface area (Å²) >= 11 is 5.18. The van der Waals surface area contributed by atoms with Crippen LogP contribution < -0.4 is 16.4 Å². The number of fused-ring (bicyclic) bond motifs is 1. The number of hydrogen-bond donors (Lipinski definition) is 3. The molecule has 0 aromatic rings. The quantitative estimate of drug-likeness (QED) is 0.585. The molecule has 0 spiro atoms. The molecule has 2 unspecified atom stereocenters. The summed E-state index contributed by atoms with van der Waals surface area (Å²) in [5, 5.41) is 7.07. The normalized spacial score (nSPS) is 38.9. The van der Waals surface area contributed by atoms with Crippen LogP contribution in [-0.2, 0) is 4.79 Å². The van der Waals surface area contributed by atoms with Crippen LogP contribution in [0.25, 0.3) is 0 Å². The average Bonchev–Trinajstić information content (AvgIpc) is 2.40. The minimum atomic E-state index is -0.459. The van der Waals surface area contributed by atoms with Crippen LogP contribution in [0.2, 0.25) is 0 Å². The predicted octanol–water partition coefficient (Wildman–Crippen LogP) is 0.514. The largest absolute Gasteiger partial charge is 0.369 e. The highest BCUT2D eigenvalue weighted by atomic mass is 32.1. The van der Waals surface area contributed by atoms with Gasteiger partial charge in [-0.1, -0.05) is 6.42 Å². The molecule has 5 heteroatoms. The highest BCUT2D eigenvalue weighted by Gasteiger charge is 2.47. The summed E-state index contributed by atoms with van der Waals surface area (Å²) < 4.78 is 0. The maximum absolute atomic E-state index is 11.7. The van der Waals surface area contributed by atoms with Crippen LogP contribution in [0.5, 0.6) is 0 Å². The highest BCUT2D eigenvalue weighted by Crippen LogP contribution is 2.41. The van der Waals surface area contributed by atoms with Gasteiger partial charge in [0.15, 0.2) is 5.11 Å². The fourth-order valence-corrected chi connectivity index (χ4v) is 3.23. The molecule has 1 amide bonds. The standard InChI is InChI=1S/C11H19N3OS/c1-11(9(12)15)5-2-3-7-4-6-13-10(16)14-8(7)11/h7-8H,2-6H2,1H3,(H2,12,15)(H2,13,14,16)/t7?,8?,11-/m0/s1. The third-order valence-electron chi connectivity index (χ3n) is 4.08. The number of carbonyl (C=O) groups excluding carboxylic acids is 1. The minimum absolute atomic E-state index is 0.0984. The molecule has 90 valence electrons. The van der Waals surface area contributed by atoms with Gasteiger partial charge >= 0.3 is 0 Å². The zero-order valence-corrected chi connectivity index (χ0v) is 10.4. The molecule has 2 rings (SSSR count). The molecule has 0 bridgehead atoms. The Hall–Kier alpha value is -0.840. The van der Waals surface area contributed by atoms with Crippen molar-refractivity contribution in [3.05, 3.63) is 0 Å². The van der Waals surface area contributed by atoms with Gasteiger partial charge in [-0.25, -0.2) is 0 Å². The van der Waals surface area contributed by atoms with Gasteiger partial charge in [-0.3, -0.25) is 4.79 Å². The number of carbonyl (C=O) groups is 1. The SMILES string of the molecule is C[C@]1(C(N)=O)CCCC2CCNC(=S)NC21. The second kappa shape index (κ2) is 4.20. The van der Waals surface area contributed by atoms with E-state index in [1.807, 2.05) is 6.92 Å². The third-order valence-corrected chi connectivity index (χ3v) is 4.34. The van der Waals surface area contributed by atoms with Crippen LogP contribution in [-0.4, -0.2) is 23.6 Å². The zero-order chi connectivity index (χ0) is 11.8. The first kappa shape index (κ1) is 11.6. The van der Waals surface area contributed by atoms with Crippen LogP contribution in [0.3, 0.4) is 0 Å². The van der Waals surface area contributed by atoms with Crippen molar-refractivity contribution in [2.45, 2.75) is 38.6 Å². The Kier molecular flexibility index (Phi) is 3.06. The molecular formula is C11H19N3OS. The Morgan fingerprint density at radius 2 is 2.31 bits per heavy atom. The van der Waals surface area contributed by atoms with E-state index in [0.29, 0.717) is 11.0 Å². The fraction of sp³-hybridized carbons (Fsp3) is 0.818. The predicted molar refractivity (Wildman–Crippen MR) is 66.8 cm³/mol. The van der Waals surface area contributed by atoms with E-state index in [9.17, 15) is 4.79 Å². The number of nitrogens with one attached hydrogen (secondary N) is 2.